The lowest BCUT2D eigenvalue weighted by molar-refractivity contribution is -0.149. The fraction of sp³-hybridized carbons (Fsp3) is 0.889. The summed E-state index contributed by atoms with van der Waals surface area (Å²) >= 11 is 1.84. The normalized spacial score (nSPS) is 18.6. The summed E-state index contributed by atoms with van der Waals surface area (Å²) in [6, 6.07) is 0. The van der Waals surface area contributed by atoms with Crippen LogP contribution >= 0.6 is 11.8 Å². The van der Waals surface area contributed by atoms with Gasteiger partial charge in [0.15, 0.2) is 0 Å². The Morgan fingerprint density at radius 3 is 2.88 bits per heavy atom. The van der Waals surface area contributed by atoms with Crippen LogP contribution in [0.5, 0.6) is 0 Å². The maximum atomic E-state index is 11.8. The molecule has 0 amide bonds. The molecule has 1 aliphatic heterocycles. The van der Waals surface area contributed by atoms with Gasteiger partial charge in [-0.1, -0.05) is 5.11 Å². The summed E-state index contributed by atoms with van der Waals surface area (Å²) in [7, 11) is 1.40. The molecular weight excluding hydrogens is 228 g/mol. The number of methoxy groups -OCH3 is 1. The first-order valence-electron chi connectivity index (χ1n) is 5.17. The van der Waals surface area contributed by atoms with Crippen LogP contribution in [0.3, 0.4) is 0 Å². The molecule has 0 radical (unpaired) electrons. The smallest absolute Gasteiger partial charge is 0.326 e. The van der Waals surface area contributed by atoms with Gasteiger partial charge in [-0.2, -0.15) is 11.8 Å². The third-order valence-corrected chi connectivity index (χ3v) is 3.65. The van der Waals surface area contributed by atoms with E-state index in [-0.39, 0.29) is 5.97 Å². The lowest BCUT2D eigenvalue weighted by Gasteiger charge is -2.35. The number of azide groups is 1. The summed E-state index contributed by atoms with van der Waals surface area (Å²) in [4.78, 5) is 14.4. The summed E-state index contributed by atoms with van der Waals surface area (Å²) in [5.74, 6) is 1.68. The van der Waals surface area contributed by atoms with Gasteiger partial charge in [-0.15, -0.1) is 0 Å². The molecule has 90 valence electrons. The average Bonchev–Trinajstić information content (AvgIpc) is 2.35. The number of rotatable bonds is 5. The van der Waals surface area contributed by atoms with E-state index in [2.05, 4.69) is 15.3 Å². The van der Waals surface area contributed by atoms with E-state index in [4.69, 9.17) is 10.3 Å². The molecule has 0 bridgehead atoms. The number of nitrogens with zero attached hydrogens (tertiary/aromatic N) is 3. The van der Waals surface area contributed by atoms with Gasteiger partial charge in [0.05, 0.1) is 7.11 Å². The second kappa shape index (κ2) is 6.62. The van der Waals surface area contributed by atoms with Crippen molar-refractivity contribution in [2.75, 3.05) is 31.7 Å². The Morgan fingerprint density at radius 1 is 1.62 bits per heavy atom. The quantitative estimate of drug-likeness (QED) is 0.260. The summed E-state index contributed by atoms with van der Waals surface area (Å²) in [5.41, 5.74) is 7.58. The van der Waals surface area contributed by atoms with Crippen molar-refractivity contribution in [1.29, 1.82) is 0 Å². The van der Waals surface area contributed by atoms with Gasteiger partial charge < -0.3 is 10.1 Å². The zero-order valence-electron chi connectivity index (χ0n) is 9.31. The number of ether oxygens (including phenoxy) is 1. The first kappa shape index (κ1) is 13.2. The second-order valence-corrected chi connectivity index (χ2v) is 4.79. The van der Waals surface area contributed by atoms with Crippen LogP contribution in [0.15, 0.2) is 5.11 Å². The van der Waals surface area contributed by atoms with Crippen molar-refractivity contribution in [3.63, 3.8) is 0 Å². The number of hydrogen-bond acceptors (Lipinski definition) is 5. The molecule has 0 aliphatic carbocycles. The van der Waals surface area contributed by atoms with E-state index in [1.165, 1.54) is 7.11 Å². The van der Waals surface area contributed by atoms with Gasteiger partial charge >= 0.3 is 5.97 Å². The van der Waals surface area contributed by atoms with Gasteiger partial charge in [-0.25, -0.2) is 0 Å². The van der Waals surface area contributed by atoms with Crippen LogP contribution in [-0.2, 0) is 9.53 Å². The molecule has 1 heterocycles. The predicted octanol–water partition coefficient (Wildman–Crippen LogP) is 1.33. The summed E-state index contributed by atoms with van der Waals surface area (Å²) in [6.45, 7) is 0.853. The molecule has 0 aromatic heterocycles. The molecule has 0 aromatic rings. The van der Waals surface area contributed by atoms with Crippen molar-refractivity contribution >= 4 is 17.7 Å². The highest BCUT2D eigenvalue weighted by Gasteiger charge is 2.40. The molecule has 0 spiro atoms. The van der Waals surface area contributed by atoms with Crippen LogP contribution in [0.1, 0.15) is 12.8 Å². The fourth-order valence-electron chi connectivity index (χ4n) is 1.76. The molecule has 1 fully saturated rings. The van der Waals surface area contributed by atoms with Crippen molar-refractivity contribution in [3.05, 3.63) is 10.4 Å². The number of esters is 1. The number of nitrogens with one attached hydrogen (secondary N) is 1. The monoisotopic (exact) mass is 244 g/mol. The van der Waals surface area contributed by atoms with Gasteiger partial charge in [-0.3, -0.25) is 4.79 Å². The summed E-state index contributed by atoms with van der Waals surface area (Å²) < 4.78 is 4.84. The van der Waals surface area contributed by atoms with Gasteiger partial charge in [0, 0.05) is 18.0 Å². The standard InChI is InChI=1S/C9H16N4O2S/c1-15-8(14)9(2-6-16-7-3-9)11-4-5-12-13-10/h11H,2-7H2,1H3. The molecule has 6 nitrogen and oxygen atoms in total. The lowest BCUT2D eigenvalue weighted by Crippen LogP contribution is -2.55. The Balaban J connectivity index is 2.55. The molecule has 1 N–H and O–H groups in total. The molecule has 0 unspecified atom stereocenters. The number of carbonyl (C=O) groups excluding carboxylic acids is 1. The number of hydrogen-bond donors (Lipinski definition) is 1. The van der Waals surface area contributed by atoms with Crippen molar-refractivity contribution in [2.24, 2.45) is 5.11 Å². The minimum absolute atomic E-state index is 0.214. The molecule has 16 heavy (non-hydrogen) atoms. The Kier molecular flexibility index (Phi) is 5.45. The molecule has 0 atom stereocenters. The van der Waals surface area contributed by atoms with Crippen molar-refractivity contribution in [1.82, 2.24) is 5.32 Å². The number of thioether (sulfide) groups is 1. The topological polar surface area (TPSA) is 87.1 Å². The zero-order valence-corrected chi connectivity index (χ0v) is 10.1. The Labute approximate surface area is 98.7 Å². The largest absolute Gasteiger partial charge is 0.468 e. The van der Waals surface area contributed by atoms with Crippen LogP contribution in [-0.4, -0.2) is 43.2 Å². The molecule has 7 heteroatoms. The molecule has 1 aliphatic rings. The fourth-order valence-corrected chi connectivity index (χ4v) is 2.95. The lowest BCUT2D eigenvalue weighted by atomic mass is 9.92. The Bertz CT molecular complexity index is 285. The molecule has 1 rings (SSSR count). The summed E-state index contributed by atoms with van der Waals surface area (Å²) in [5, 5.41) is 6.60. The van der Waals surface area contributed by atoms with Crippen LogP contribution in [0.4, 0.5) is 0 Å². The molecule has 1 saturated heterocycles. The van der Waals surface area contributed by atoms with E-state index in [9.17, 15) is 4.79 Å². The predicted molar refractivity (Wildman–Crippen MR) is 63.3 cm³/mol. The molecular formula is C9H16N4O2S. The van der Waals surface area contributed by atoms with Gasteiger partial charge in [0.2, 0.25) is 0 Å². The van der Waals surface area contributed by atoms with Crippen LogP contribution < -0.4 is 5.32 Å². The van der Waals surface area contributed by atoms with E-state index in [0.717, 1.165) is 24.3 Å². The average molecular weight is 244 g/mol. The first-order chi connectivity index (χ1) is 7.75. The van der Waals surface area contributed by atoms with E-state index >= 15 is 0 Å². The molecule has 0 saturated carbocycles. The van der Waals surface area contributed by atoms with E-state index in [1.54, 1.807) is 0 Å². The summed E-state index contributed by atoms with van der Waals surface area (Å²) in [6.07, 6.45) is 1.53. The van der Waals surface area contributed by atoms with Gasteiger partial charge in [-0.05, 0) is 29.9 Å². The third kappa shape index (κ3) is 3.30. The maximum Gasteiger partial charge on any atom is 0.326 e. The highest BCUT2D eigenvalue weighted by atomic mass is 32.2. The highest BCUT2D eigenvalue weighted by molar-refractivity contribution is 7.99. The third-order valence-electron chi connectivity index (χ3n) is 2.66. The highest BCUT2D eigenvalue weighted by Crippen LogP contribution is 2.28. The van der Waals surface area contributed by atoms with E-state index < -0.39 is 5.54 Å². The minimum Gasteiger partial charge on any atom is -0.468 e. The van der Waals surface area contributed by atoms with Gasteiger partial charge in [0.1, 0.15) is 5.54 Å². The Hall–Kier alpha value is -0.910. The van der Waals surface area contributed by atoms with E-state index in [1.807, 2.05) is 11.8 Å². The molecule has 0 aromatic carbocycles. The van der Waals surface area contributed by atoms with Crippen LogP contribution in [0, 0.1) is 0 Å². The zero-order chi connectivity index (χ0) is 11.9. The number of carbonyl (C=O) groups is 1. The minimum atomic E-state index is -0.578. The second-order valence-electron chi connectivity index (χ2n) is 3.57. The maximum absolute atomic E-state index is 11.8. The van der Waals surface area contributed by atoms with E-state index in [0.29, 0.717) is 13.1 Å². The van der Waals surface area contributed by atoms with Crippen molar-refractivity contribution in [3.8, 4) is 0 Å². The van der Waals surface area contributed by atoms with Crippen LogP contribution in [0.25, 0.3) is 10.4 Å². The van der Waals surface area contributed by atoms with Crippen molar-refractivity contribution in [2.45, 2.75) is 18.4 Å². The SMILES string of the molecule is COC(=O)C1(NCCN=[N+]=[N-])CCSCC1. The van der Waals surface area contributed by atoms with Gasteiger partial charge in [0.25, 0.3) is 0 Å². The van der Waals surface area contributed by atoms with Crippen molar-refractivity contribution < 1.29 is 9.53 Å². The first-order valence-corrected chi connectivity index (χ1v) is 6.33. The van der Waals surface area contributed by atoms with Crippen LogP contribution in [0.2, 0.25) is 0 Å². The Morgan fingerprint density at radius 2 is 2.31 bits per heavy atom.